The third kappa shape index (κ3) is 31.6. The van der Waals surface area contributed by atoms with Crippen LogP contribution in [-0.4, -0.2) is 60.5 Å². The van der Waals surface area contributed by atoms with Crippen molar-refractivity contribution in [1.29, 1.82) is 0 Å². The molecule has 0 spiro atoms. The van der Waals surface area contributed by atoms with Gasteiger partial charge in [0.2, 0.25) is 0 Å². The van der Waals surface area contributed by atoms with Crippen LogP contribution in [0.1, 0.15) is 174 Å². The van der Waals surface area contributed by atoms with Crippen LogP contribution < -0.4 is 5.73 Å². The lowest BCUT2D eigenvalue weighted by atomic mass is 10.0. The van der Waals surface area contributed by atoms with Crippen LogP contribution in [0.15, 0.2) is 0 Å². The molecule has 0 radical (unpaired) electrons. The van der Waals surface area contributed by atoms with Crippen molar-refractivity contribution in [3.05, 3.63) is 0 Å². The molecule has 0 saturated heterocycles. The second-order valence-electron chi connectivity index (χ2n) is 12.7. The second kappa shape index (κ2) is 32.5. The number of unbranched alkanes of at least 4 members (excludes halogenated alkanes) is 22. The number of rotatable bonds is 36. The molecule has 11 heteroatoms. The summed E-state index contributed by atoms with van der Waals surface area (Å²) < 4.78 is 33.1. The Labute approximate surface area is 280 Å². The van der Waals surface area contributed by atoms with E-state index in [9.17, 15) is 19.0 Å². The summed E-state index contributed by atoms with van der Waals surface area (Å²) in [5.41, 5.74) is 5.33. The fourth-order valence-electron chi connectivity index (χ4n) is 5.19. The molecule has 0 aromatic heterocycles. The molecule has 10 nitrogen and oxygen atoms in total. The van der Waals surface area contributed by atoms with Crippen LogP contribution >= 0.6 is 7.82 Å². The number of nitrogens with two attached hydrogens (primary N) is 1. The number of ether oxygens (including phenoxy) is 2. The van der Waals surface area contributed by atoms with E-state index in [1.165, 1.54) is 116 Å². The predicted octanol–water partition coefficient (Wildman–Crippen LogP) is 9.25. The molecule has 3 atom stereocenters. The summed E-state index contributed by atoms with van der Waals surface area (Å²) in [5.74, 6) is -1.77. The zero-order valence-electron chi connectivity index (χ0n) is 29.4. The van der Waals surface area contributed by atoms with Crippen molar-refractivity contribution in [3.8, 4) is 0 Å². The van der Waals surface area contributed by atoms with Crippen molar-refractivity contribution in [1.82, 2.24) is 0 Å². The van der Waals surface area contributed by atoms with E-state index < -0.39 is 45.1 Å². The molecule has 274 valence electrons. The van der Waals surface area contributed by atoms with Gasteiger partial charge in [0.15, 0.2) is 0 Å². The van der Waals surface area contributed by atoms with E-state index in [-0.39, 0.29) is 13.0 Å². The summed E-state index contributed by atoms with van der Waals surface area (Å²) >= 11 is 0. The van der Waals surface area contributed by atoms with Crippen LogP contribution in [0.5, 0.6) is 0 Å². The number of hydrogen-bond acceptors (Lipinski definition) is 8. The van der Waals surface area contributed by atoms with Gasteiger partial charge >= 0.3 is 19.8 Å². The first kappa shape index (κ1) is 45.0. The van der Waals surface area contributed by atoms with Crippen LogP contribution in [0.4, 0.5) is 0 Å². The highest BCUT2D eigenvalue weighted by atomic mass is 31.2. The minimum Gasteiger partial charge on any atom is -0.480 e. The Morgan fingerprint density at radius 3 is 1.43 bits per heavy atom. The summed E-state index contributed by atoms with van der Waals surface area (Å²) in [4.78, 5) is 33.3. The maximum atomic E-state index is 12.5. The van der Waals surface area contributed by atoms with Gasteiger partial charge in [-0.05, 0) is 12.8 Å². The van der Waals surface area contributed by atoms with Gasteiger partial charge in [-0.1, -0.05) is 155 Å². The fourth-order valence-corrected chi connectivity index (χ4v) is 5.97. The van der Waals surface area contributed by atoms with Crippen LogP contribution in [0, 0.1) is 0 Å². The van der Waals surface area contributed by atoms with E-state index in [4.69, 9.17) is 24.8 Å². The minimum absolute atomic E-state index is 0.0247. The fraction of sp³-hybridized carbons (Fsp3) is 0.943. The maximum Gasteiger partial charge on any atom is 0.472 e. The van der Waals surface area contributed by atoms with Crippen LogP contribution in [0.2, 0.25) is 0 Å². The lowest BCUT2D eigenvalue weighted by Gasteiger charge is -2.20. The highest BCUT2D eigenvalue weighted by Gasteiger charge is 2.27. The smallest absolute Gasteiger partial charge is 0.472 e. The van der Waals surface area contributed by atoms with Crippen molar-refractivity contribution in [2.75, 3.05) is 26.4 Å². The van der Waals surface area contributed by atoms with Gasteiger partial charge in [-0.15, -0.1) is 0 Å². The average Bonchev–Trinajstić information content (AvgIpc) is 3.03. The number of esters is 1. The first-order valence-corrected chi connectivity index (χ1v) is 20.1. The normalized spacial score (nSPS) is 14.2. The van der Waals surface area contributed by atoms with E-state index >= 15 is 0 Å². The van der Waals surface area contributed by atoms with Gasteiger partial charge in [0, 0.05) is 13.0 Å². The molecule has 0 aromatic carbocycles. The second-order valence-corrected chi connectivity index (χ2v) is 14.2. The molecule has 0 bridgehead atoms. The molecular formula is C35H70NO9P. The molecule has 3 unspecified atom stereocenters. The Bertz CT molecular complexity index is 756. The molecule has 0 rings (SSSR count). The Morgan fingerprint density at radius 1 is 0.609 bits per heavy atom. The lowest BCUT2D eigenvalue weighted by molar-refractivity contribution is -0.154. The molecule has 0 aliphatic heterocycles. The predicted molar refractivity (Wildman–Crippen MR) is 185 cm³/mol. The van der Waals surface area contributed by atoms with Gasteiger partial charge in [-0.25, -0.2) is 4.57 Å². The molecule has 4 N–H and O–H groups in total. The largest absolute Gasteiger partial charge is 0.480 e. The maximum absolute atomic E-state index is 12.5. The molecule has 0 heterocycles. The van der Waals surface area contributed by atoms with Crippen molar-refractivity contribution in [2.45, 2.75) is 187 Å². The van der Waals surface area contributed by atoms with Gasteiger partial charge in [0.05, 0.1) is 19.8 Å². The van der Waals surface area contributed by atoms with Gasteiger partial charge in [0.1, 0.15) is 12.1 Å². The van der Waals surface area contributed by atoms with Crippen LogP contribution in [0.3, 0.4) is 0 Å². The van der Waals surface area contributed by atoms with Gasteiger partial charge in [0.25, 0.3) is 0 Å². The number of phosphoric acid groups is 1. The number of carbonyl (C=O) groups is 2. The van der Waals surface area contributed by atoms with Crippen molar-refractivity contribution >= 4 is 19.8 Å². The first-order valence-electron chi connectivity index (χ1n) is 18.6. The highest BCUT2D eigenvalue weighted by molar-refractivity contribution is 7.47. The number of carboxylic acid groups (broad SMARTS) is 1. The number of aliphatic carboxylic acids is 1. The SMILES string of the molecule is CCCCCCCCCCCCCCCOCC(COP(=O)(O)OCC(N)C(=O)O)OC(=O)CCCCCCCCCCCCC. The summed E-state index contributed by atoms with van der Waals surface area (Å²) in [6.07, 6.45) is 28.6. The Kier molecular flexibility index (Phi) is 31.8. The van der Waals surface area contributed by atoms with E-state index in [0.717, 1.165) is 38.5 Å². The quantitative estimate of drug-likeness (QED) is 0.0331. The summed E-state index contributed by atoms with van der Waals surface area (Å²) in [6.45, 7) is 3.88. The third-order valence-corrected chi connectivity index (χ3v) is 9.09. The molecule has 46 heavy (non-hydrogen) atoms. The number of phosphoric ester groups is 1. The van der Waals surface area contributed by atoms with Crippen molar-refractivity contribution in [2.24, 2.45) is 5.73 Å². The molecule has 0 aromatic rings. The van der Waals surface area contributed by atoms with Crippen LogP contribution in [0.25, 0.3) is 0 Å². The summed E-state index contributed by atoms with van der Waals surface area (Å²) in [7, 11) is -4.60. The molecular weight excluding hydrogens is 609 g/mol. The van der Waals surface area contributed by atoms with Gasteiger partial charge in [-0.3, -0.25) is 18.6 Å². The lowest BCUT2D eigenvalue weighted by Crippen LogP contribution is -2.34. The Hall–Kier alpha value is -1.03. The first-order chi connectivity index (χ1) is 22.2. The number of carboxylic acids is 1. The Balaban J connectivity index is 4.29. The molecule has 0 aliphatic carbocycles. The van der Waals surface area contributed by atoms with E-state index in [1.54, 1.807) is 0 Å². The van der Waals surface area contributed by atoms with E-state index in [2.05, 4.69) is 18.4 Å². The Morgan fingerprint density at radius 2 is 1.00 bits per heavy atom. The molecule has 0 fully saturated rings. The standard InChI is InChI=1S/C35H70NO9P/c1-3-5-7-9-11-13-15-16-18-20-22-24-26-28-42-29-32(30-43-46(40,41)44-31-33(36)35(38)39)45-34(37)27-25-23-21-19-17-14-12-10-8-6-4-2/h32-33H,3-31,36H2,1-2H3,(H,38,39)(H,40,41). The summed E-state index contributed by atoms with van der Waals surface area (Å²) in [6, 6.07) is -1.47. The molecule has 0 amide bonds. The molecule has 0 aliphatic rings. The molecule has 0 saturated carbocycles. The van der Waals surface area contributed by atoms with Crippen molar-refractivity contribution < 1.29 is 42.7 Å². The number of hydrogen-bond donors (Lipinski definition) is 3. The third-order valence-electron chi connectivity index (χ3n) is 8.14. The van der Waals surface area contributed by atoms with E-state index in [0.29, 0.717) is 6.61 Å². The highest BCUT2D eigenvalue weighted by Crippen LogP contribution is 2.43. The zero-order valence-corrected chi connectivity index (χ0v) is 30.3. The van der Waals surface area contributed by atoms with E-state index in [1.807, 2.05) is 0 Å². The monoisotopic (exact) mass is 679 g/mol. The zero-order chi connectivity index (χ0) is 34.1. The van der Waals surface area contributed by atoms with Crippen molar-refractivity contribution in [3.63, 3.8) is 0 Å². The average molecular weight is 680 g/mol. The van der Waals surface area contributed by atoms with Gasteiger partial charge in [-0.2, -0.15) is 0 Å². The summed E-state index contributed by atoms with van der Waals surface area (Å²) in [5, 5.41) is 8.85. The van der Waals surface area contributed by atoms with Gasteiger partial charge < -0.3 is 25.2 Å². The minimum atomic E-state index is -4.60. The van der Waals surface area contributed by atoms with Crippen LogP contribution in [-0.2, 0) is 32.7 Å². The topological polar surface area (TPSA) is 155 Å². The number of carbonyl (C=O) groups excluding carboxylic acids is 1.